The molecule has 0 amide bonds. The molecule has 3 heterocycles. The molecule has 2 saturated carbocycles. The van der Waals surface area contributed by atoms with Crippen LogP contribution in [0.15, 0.2) is 60.0 Å². The summed E-state index contributed by atoms with van der Waals surface area (Å²) in [7, 11) is 0. The van der Waals surface area contributed by atoms with Crippen molar-refractivity contribution in [3.63, 3.8) is 0 Å². The van der Waals surface area contributed by atoms with Gasteiger partial charge >= 0.3 is 0 Å². The third kappa shape index (κ3) is 3.49. The SMILES string of the molecule is CCCN(CCC)[C@@H]1CCC2=CC3=CC[C@]4(C)C(c5ccc6ccncc6c5)CC[C@H]4[C@@]34CC[C@]2(C1)O4. The van der Waals surface area contributed by atoms with Crippen molar-refractivity contribution in [2.24, 2.45) is 11.3 Å². The molecule has 3 aliphatic carbocycles. The minimum absolute atomic E-state index is 0.00898. The van der Waals surface area contributed by atoms with Crippen LogP contribution < -0.4 is 0 Å². The van der Waals surface area contributed by atoms with Crippen molar-refractivity contribution in [1.82, 2.24) is 9.88 Å². The normalized spacial score (nSPS) is 38.2. The van der Waals surface area contributed by atoms with Crippen molar-refractivity contribution in [2.75, 3.05) is 13.1 Å². The van der Waals surface area contributed by atoms with Crippen LogP contribution >= 0.6 is 0 Å². The van der Waals surface area contributed by atoms with Gasteiger partial charge in [-0.15, -0.1) is 0 Å². The standard InChI is InChI=1S/C34H44N2O/c1-4-18-36(19-5-2)29-9-8-27-21-28-12-14-32(3)30(25-7-6-24-13-17-35-23-26(24)20-25)10-11-31(32)34(28)16-15-33(27,22-29)37-34/h6-7,12-13,17,20-21,23,29-31H,4-5,8-11,14-16,18-19,22H2,1-3H3/t29-,30?,31-,32-,33-,34-/m1/s1. The molecule has 0 radical (unpaired) electrons. The maximum absolute atomic E-state index is 7.58. The van der Waals surface area contributed by atoms with Gasteiger partial charge in [0.25, 0.3) is 0 Å². The van der Waals surface area contributed by atoms with Crippen LogP contribution in [0.5, 0.6) is 0 Å². The summed E-state index contributed by atoms with van der Waals surface area (Å²) < 4.78 is 7.58. The number of ether oxygens (including phenoxy) is 1. The van der Waals surface area contributed by atoms with Gasteiger partial charge in [-0.3, -0.25) is 4.98 Å². The smallest absolute Gasteiger partial charge is 0.0974 e. The van der Waals surface area contributed by atoms with Gasteiger partial charge in [-0.1, -0.05) is 45.1 Å². The first kappa shape index (κ1) is 24.1. The Labute approximate surface area is 223 Å². The predicted molar refractivity (Wildman–Crippen MR) is 152 cm³/mol. The lowest BCUT2D eigenvalue weighted by molar-refractivity contribution is -0.141. The Hall–Kier alpha value is -1.97. The maximum Gasteiger partial charge on any atom is 0.0974 e. The summed E-state index contributed by atoms with van der Waals surface area (Å²) in [6, 6.07) is 9.94. The molecule has 1 aromatic heterocycles. The number of hydrogen-bond acceptors (Lipinski definition) is 3. The first-order valence-electron chi connectivity index (χ1n) is 15.2. The molecule has 6 atom stereocenters. The largest absolute Gasteiger partial charge is 0.359 e. The number of allylic oxidation sites excluding steroid dienone is 1. The Kier molecular flexibility index (Phi) is 5.72. The Morgan fingerprint density at radius 3 is 2.73 bits per heavy atom. The van der Waals surface area contributed by atoms with Gasteiger partial charge in [-0.2, -0.15) is 0 Å². The lowest BCUT2D eigenvalue weighted by Gasteiger charge is -2.55. The summed E-state index contributed by atoms with van der Waals surface area (Å²) in [5.41, 5.74) is 4.85. The molecule has 5 aliphatic rings. The lowest BCUT2D eigenvalue weighted by atomic mass is 9.58. The fraction of sp³-hybridized carbons (Fsp3) is 0.618. The van der Waals surface area contributed by atoms with Gasteiger partial charge in [-0.05, 0) is 129 Å². The van der Waals surface area contributed by atoms with E-state index < -0.39 is 0 Å². The highest BCUT2D eigenvalue weighted by Crippen LogP contribution is 2.69. The van der Waals surface area contributed by atoms with Crippen molar-refractivity contribution < 1.29 is 4.74 Å². The predicted octanol–water partition coefficient (Wildman–Crippen LogP) is 7.97. The highest BCUT2D eigenvalue weighted by atomic mass is 16.5. The van der Waals surface area contributed by atoms with E-state index in [0.29, 0.717) is 17.9 Å². The molecule has 3 nitrogen and oxygen atoms in total. The molecule has 2 bridgehead atoms. The van der Waals surface area contributed by atoms with Crippen LogP contribution in [0.25, 0.3) is 10.8 Å². The Morgan fingerprint density at radius 1 is 1.03 bits per heavy atom. The Balaban J connectivity index is 1.21. The first-order chi connectivity index (χ1) is 18.0. The fourth-order valence-electron chi connectivity index (χ4n) is 9.61. The van der Waals surface area contributed by atoms with E-state index in [1.54, 1.807) is 11.1 Å². The zero-order chi connectivity index (χ0) is 25.3. The molecule has 1 unspecified atom stereocenters. The van der Waals surface area contributed by atoms with Gasteiger partial charge in [0.2, 0.25) is 0 Å². The number of fused-ring (bicyclic) bond motifs is 2. The maximum atomic E-state index is 7.58. The highest BCUT2D eigenvalue weighted by Gasteiger charge is 2.66. The van der Waals surface area contributed by atoms with Crippen LogP contribution in [-0.4, -0.2) is 40.2 Å². The van der Waals surface area contributed by atoms with E-state index in [-0.39, 0.29) is 16.6 Å². The molecule has 196 valence electrons. The topological polar surface area (TPSA) is 25.4 Å². The Morgan fingerprint density at radius 2 is 1.89 bits per heavy atom. The number of pyridine rings is 1. The van der Waals surface area contributed by atoms with Gasteiger partial charge < -0.3 is 9.64 Å². The average molecular weight is 497 g/mol. The monoisotopic (exact) mass is 496 g/mol. The summed E-state index contributed by atoms with van der Waals surface area (Å²) in [5, 5.41) is 2.57. The molecule has 1 aromatic carbocycles. The number of rotatable bonds is 6. The van der Waals surface area contributed by atoms with E-state index in [1.165, 1.54) is 93.6 Å². The van der Waals surface area contributed by atoms with Gasteiger partial charge in [0.1, 0.15) is 0 Å². The van der Waals surface area contributed by atoms with Crippen molar-refractivity contribution in [3.8, 4) is 0 Å². The molecule has 3 heteroatoms. The van der Waals surface area contributed by atoms with Crippen LogP contribution in [0.2, 0.25) is 0 Å². The quantitative estimate of drug-likeness (QED) is 0.405. The van der Waals surface area contributed by atoms with E-state index in [2.05, 4.69) is 67.1 Å². The molecule has 2 spiro atoms. The first-order valence-corrected chi connectivity index (χ1v) is 15.2. The van der Waals surface area contributed by atoms with Gasteiger partial charge in [0, 0.05) is 23.8 Å². The highest BCUT2D eigenvalue weighted by molar-refractivity contribution is 5.82. The van der Waals surface area contributed by atoms with Gasteiger partial charge in [-0.25, -0.2) is 0 Å². The lowest BCUT2D eigenvalue weighted by Crippen LogP contribution is -2.55. The minimum atomic E-state index is -0.0636. The molecule has 3 fully saturated rings. The fourth-order valence-corrected chi connectivity index (χ4v) is 9.61. The van der Waals surface area contributed by atoms with Crippen molar-refractivity contribution in [1.29, 1.82) is 0 Å². The third-order valence-electron chi connectivity index (χ3n) is 11.3. The number of aromatic nitrogens is 1. The number of benzene rings is 1. The van der Waals surface area contributed by atoms with Crippen LogP contribution in [-0.2, 0) is 4.74 Å². The van der Waals surface area contributed by atoms with Crippen molar-refractivity contribution in [2.45, 2.75) is 108 Å². The number of hydrogen-bond donors (Lipinski definition) is 0. The van der Waals surface area contributed by atoms with E-state index in [1.807, 2.05) is 12.4 Å². The van der Waals surface area contributed by atoms with E-state index in [9.17, 15) is 0 Å². The molecular weight excluding hydrogens is 452 g/mol. The molecule has 0 N–H and O–H groups in total. The molecule has 2 aliphatic heterocycles. The molecule has 1 saturated heterocycles. The van der Waals surface area contributed by atoms with E-state index in [4.69, 9.17) is 4.74 Å². The average Bonchev–Trinajstić information content (AvgIpc) is 3.43. The molecule has 7 rings (SSSR count). The van der Waals surface area contributed by atoms with Crippen LogP contribution in [0.3, 0.4) is 0 Å². The van der Waals surface area contributed by atoms with Gasteiger partial charge in [0.15, 0.2) is 0 Å². The third-order valence-corrected chi connectivity index (χ3v) is 11.3. The summed E-state index contributed by atoms with van der Waals surface area (Å²) in [6.07, 6.45) is 21.6. The minimum Gasteiger partial charge on any atom is -0.359 e. The van der Waals surface area contributed by atoms with E-state index in [0.717, 1.165) is 0 Å². The van der Waals surface area contributed by atoms with Crippen LogP contribution in [0.4, 0.5) is 0 Å². The van der Waals surface area contributed by atoms with Crippen molar-refractivity contribution >= 4 is 10.8 Å². The summed E-state index contributed by atoms with van der Waals surface area (Å²) in [4.78, 5) is 7.19. The number of nitrogens with zero attached hydrogens (tertiary/aromatic N) is 2. The van der Waals surface area contributed by atoms with Crippen LogP contribution in [0.1, 0.15) is 96.5 Å². The van der Waals surface area contributed by atoms with Crippen molar-refractivity contribution in [3.05, 3.63) is 65.5 Å². The summed E-state index contributed by atoms with van der Waals surface area (Å²) >= 11 is 0. The Bertz CT molecular complexity index is 1260. The molecular formula is C34H44N2O. The second-order valence-electron chi connectivity index (χ2n) is 13.1. The second-order valence-corrected chi connectivity index (χ2v) is 13.1. The second kappa shape index (κ2) is 8.78. The zero-order valence-corrected chi connectivity index (χ0v) is 23.1. The molecule has 37 heavy (non-hydrogen) atoms. The van der Waals surface area contributed by atoms with Gasteiger partial charge in [0.05, 0.1) is 11.2 Å². The molecule has 2 aromatic rings. The summed E-state index contributed by atoms with van der Waals surface area (Å²) in [6.45, 7) is 9.71. The van der Waals surface area contributed by atoms with Crippen LogP contribution in [0, 0.1) is 11.3 Å². The summed E-state index contributed by atoms with van der Waals surface area (Å²) in [5.74, 6) is 1.19. The zero-order valence-electron chi connectivity index (χ0n) is 23.1. The van der Waals surface area contributed by atoms with E-state index >= 15 is 0 Å².